The van der Waals surface area contributed by atoms with Crippen molar-refractivity contribution in [2.24, 2.45) is 17.8 Å². The van der Waals surface area contributed by atoms with Gasteiger partial charge in [-0.25, -0.2) is 4.79 Å². The molecule has 170 valence electrons. The summed E-state index contributed by atoms with van der Waals surface area (Å²) in [6, 6.07) is 7.93. The van der Waals surface area contributed by atoms with Crippen LogP contribution in [-0.2, 0) is 9.53 Å². The summed E-state index contributed by atoms with van der Waals surface area (Å²) in [6.45, 7) is 11.0. The topological polar surface area (TPSA) is 58.6 Å². The van der Waals surface area contributed by atoms with E-state index in [0.717, 1.165) is 29.8 Å². The predicted molar refractivity (Wildman–Crippen MR) is 127 cm³/mol. The molecular weight excluding hydrogens is 408 g/mol. The lowest BCUT2D eigenvalue weighted by atomic mass is 9.93. The molecule has 1 aliphatic heterocycles. The van der Waals surface area contributed by atoms with E-state index in [9.17, 15) is 9.59 Å². The summed E-state index contributed by atoms with van der Waals surface area (Å²) in [5.74, 6) is 1.47. The van der Waals surface area contributed by atoms with Crippen LogP contribution in [0.15, 0.2) is 35.2 Å². The van der Waals surface area contributed by atoms with Gasteiger partial charge in [0.2, 0.25) is 0 Å². The molecule has 0 bridgehead atoms. The molecule has 1 unspecified atom stereocenters. The van der Waals surface area contributed by atoms with E-state index in [1.54, 1.807) is 11.8 Å². The van der Waals surface area contributed by atoms with Gasteiger partial charge in [0.15, 0.2) is 0 Å². The first-order valence-corrected chi connectivity index (χ1v) is 12.4. The summed E-state index contributed by atoms with van der Waals surface area (Å²) in [4.78, 5) is 29.0. The van der Waals surface area contributed by atoms with E-state index in [4.69, 9.17) is 4.74 Å². The van der Waals surface area contributed by atoms with Crippen LogP contribution < -0.4 is 5.32 Å². The Balaban J connectivity index is 1.74. The lowest BCUT2D eigenvalue weighted by Gasteiger charge is -2.31. The smallest absolute Gasteiger partial charge is 0.410 e. The number of carbonyl (C=O) groups is 2. The van der Waals surface area contributed by atoms with Crippen LogP contribution in [0, 0.1) is 17.8 Å². The summed E-state index contributed by atoms with van der Waals surface area (Å²) >= 11 is 1.63. The van der Waals surface area contributed by atoms with Crippen LogP contribution in [0.5, 0.6) is 0 Å². The fourth-order valence-corrected chi connectivity index (χ4v) is 5.72. The maximum atomic E-state index is 13.1. The van der Waals surface area contributed by atoms with E-state index in [-0.39, 0.29) is 18.0 Å². The quantitative estimate of drug-likeness (QED) is 0.500. The molecule has 1 saturated carbocycles. The van der Waals surface area contributed by atoms with Crippen LogP contribution >= 0.6 is 11.8 Å². The number of likely N-dealkylation sites (tertiary alicyclic amines) is 1. The molecule has 31 heavy (non-hydrogen) atoms. The second-order valence-corrected chi connectivity index (χ2v) is 10.7. The molecule has 5 nitrogen and oxygen atoms in total. The monoisotopic (exact) mass is 444 g/mol. The van der Waals surface area contributed by atoms with E-state index in [0.29, 0.717) is 29.9 Å². The number of amides is 2. The summed E-state index contributed by atoms with van der Waals surface area (Å²) in [7, 11) is 0. The van der Waals surface area contributed by atoms with Gasteiger partial charge in [0.1, 0.15) is 5.60 Å². The standard InChI is InChI=1S/C25H36N2O3S/c1-7-18(19-10-8-9-11-22(19)31-6)23(28)26-14-21-20-13-16(2)12-17(20)15-27(21)24(29)30-25(3,4)5/h7-11,16-17,20-21H,12-15H2,1-6H3,(H,26,28)/t16?,17-,20-,21+/m0/s1. The van der Waals surface area contributed by atoms with Crippen molar-refractivity contribution >= 4 is 29.3 Å². The fraction of sp³-hybridized carbons (Fsp3) is 0.600. The van der Waals surface area contributed by atoms with E-state index >= 15 is 0 Å². The Kier molecular flexibility index (Phi) is 7.40. The molecule has 1 aliphatic carbocycles. The van der Waals surface area contributed by atoms with Gasteiger partial charge in [0, 0.05) is 29.1 Å². The number of nitrogens with zero attached hydrogens (tertiary/aromatic N) is 1. The average molecular weight is 445 g/mol. The average Bonchev–Trinajstić information content (AvgIpc) is 3.22. The Labute approximate surface area is 191 Å². The largest absolute Gasteiger partial charge is 0.444 e. The zero-order valence-corrected chi connectivity index (χ0v) is 20.4. The SMILES string of the molecule is CC=C(C(=O)NC[C@@H]1[C@H]2CC(C)C[C@H]2CN1C(=O)OC(C)(C)C)c1ccccc1SC. The number of rotatable bonds is 5. The van der Waals surface area contributed by atoms with Crippen molar-refractivity contribution in [3.8, 4) is 0 Å². The van der Waals surface area contributed by atoms with Gasteiger partial charge in [0.05, 0.1) is 6.04 Å². The third-order valence-corrected chi connectivity index (χ3v) is 7.14. The molecule has 0 aromatic heterocycles. The zero-order valence-electron chi connectivity index (χ0n) is 19.6. The summed E-state index contributed by atoms with van der Waals surface area (Å²) in [5.41, 5.74) is 1.08. The minimum atomic E-state index is -0.532. The lowest BCUT2D eigenvalue weighted by Crippen LogP contribution is -2.47. The molecule has 1 heterocycles. The molecule has 2 amide bonds. The van der Waals surface area contributed by atoms with Crippen molar-refractivity contribution < 1.29 is 14.3 Å². The molecule has 3 rings (SSSR count). The maximum Gasteiger partial charge on any atom is 0.410 e. The van der Waals surface area contributed by atoms with Gasteiger partial charge in [-0.1, -0.05) is 31.2 Å². The van der Waals surface area contributed by atoms with Crippen LogP contribution in [0.2, 0.25) is 0 Å². The molecule has 6 heteroatoms. The highest BCUT2D eigenvalue weighted by Crippen LogP contribution is 2.45. The normalized spacial score (nSPS) is 26.0. The van der Waals surface area contributed by atoms with E-state index in [2.05, 4.69) is 12.2 Å². The molecule has 1 aromatic carbocycles. The first-order chi connectivity index (χ1) is 14.6. The number of hydrogen-bond donors (Lipinski definition) is 1. The van der Waals surface area contributed by atoms with Crippen LogP contribution in [0.3, 0.4) is 0 Å². The van der Waals surface area contributed by atoms with Gasteiger partial charge in [-0.05, 0) is 70.6 Å². The number of hydrogen-bond acceptors (Lipinski definition) is 4. The van der Waals surface area contributed by atoms with Crippen molar-refractivity contribution in [1.82, 2.24) is 10.2 Å². The number of carbonyl (C=O) groups excluding carboxylic acids is 2. The number of fused-ring (bicyclic) bond motifs is 1. The molecule has 0 spiro atoms. The Hall–Kier alpha value is -1.95. The Morgan fingerprint density at radius 1 is 1.26 bits per heavy atom. The van der Waals surface area contributed by atoms with Gasteiger partial charge in [-0.3, -0.25) is 4.79 Å². The van der Waals surface area contributed by atoms with Crippen molar-refractivity contribution in [1.29, 1.82) is 0 Å². The van der Waals surface area contributed by atoms with E-state index in [1.807, 2.05) is 69.2 Å². The molecule has 1 saturated heterocycles. The third-order valence-electron chi connectivity index (χ3n) is 6.34. The minimum Gasteiger partial charge on any atom is -0.444 e. The van der Waals surface area contributed by atoms with Crippen molar-refractivity contribution in [3.63, 3.8) is 0 Å². The number of thioether (sulfide) groups is 1. The highest BCUT2D eigenvalue weighted by molar-refractivity contribution is 7.98. The third kappa shape index (κ3) is 5.46. The summed E-state index contributed by atoms with van der Waals surface area (Å²) in [5, 5.41) is 3.13. The number of nitrogens with one attached hydrogen (secondary N) is 1. The maximum absolute atomic E-state index is 13.1. The number of benzene rings is 1. The molecule has 2 fully saturated rings. The van der Waals surface area contributed by atoms with Crippen LogP contribution in [0.25, 0.3) is 5.57 Å². The molecule has 1 aromatic rings. The number of allylic oxidation sites excluding steroid dienone is 1. The first kappa shape index (κ1) is 23.7. The van der Waals surface area contributed by atoms with Crippen LogP contribution in [-0.4, -0.2) is 47.9 Å². The Morgan fingerprint density at radius 3 is 2.61 bits per heavy atom. The highest BCUT2D eigenvalue weighted by Gasteiger charge is 2.49. The molecule has 1 N–H and O–H groups in total. The minimum absolute atomic E-state index is 0.0253. The van der Waals surface area contributed by atoms with E-state index in [1.165, 1.54) is 0 Å². The van der Waals surface area contributed by atoms with Gasteiger partial charge in [-0.15, -0.1) is 11.8 Å². The molecule has 0 radical (unpaired) electrons. The summed E-state index contributed by atoms with van der Waals surface area (Å²) < 4.78 is 5.68. The van der Waals surface area contributed by atoms with Gasteiger partial charge < -0.3 is 15.0 Å². The molecule has 2 aliphatic rings. The zero-order chi connectivity index (χ0) is 22.8. The highest BCUT2D eigenvalue weighted by atomic mass is 32.2. The predicted octanol–water partition coefficient (Wildman–Crippen LogP) is 5.21. The van der Waals surface area contributed by atoms with Crippen LogP contribution in [0.1, 0.15) is 53.0 Å². The second-order valence-electron chi connectivity index (χ2n) is 9.81. The second kappa shape index (κ2) is 9.68. The lowest BCUT2D eigenvalue weighted by molar-refractivity contribution is -0.115. The first-order valence-electron chi connectivity index (χ1n) is 11.2. The summed E-state index contributed by atoms with van der Waals surface area (Å²) in [6.07, 6.45) is 5.84. The van der Waals surface area contributed by atoms with Gasteiger partial charge in [-0.2, -0.15) is 0 Å². The Bertz CT molecular complexity index is 845. The van der Waals surface area contributed by atoms with Crippen molar-refractivity contribution in [3.05, 3.63) is 35.9 Å². The number of ether oxygens (including phenoxy) is 1. The Morgan fingerprint density at radius 2 is 1.97 bits per heavy atom. The van der Waals surface area contributed by atoms with Crippen LogP contribution in [0.4, 0.5) is 4.79 Å². The van der Waals surface area contributed by atoms with Gasteiger partial charge in [0.25, 0.3) is 5.91 Å². The fourth-order valence-electron chi connectivity index (χ4n) is 5.11. The van der Waals surface area contributed by atoms with Crippen molar-refractivity contribution in [2.75, 3.05) is 19.3 Å². The molecule has 4 atom stereocenters. The van der Waals surface area contributed by atoms with E-state index < -0.39 is 5.60 Å². The van der Waals surface area contributed by atoms with Crippen molar-refractivity contribution in [2.45, 2.75) is 64.0 Å². The van der Waals surface area contributed by atoms with Gasteiger partial charge >= 0.3 is 6.09 Å². The molecular formula is C25H36N2O3S.